The van der Waals surface area contributed by atoms with E-state index in [0.717, 1.165) is 11.1 Å². The third kappa shape index (κ3) is 7.05. The number of nitrogens with one attached hydrogen (secondary N) is 1. The maximum Gasteiger partial charge on any atom is 0.410 e. The largest absolute Gasteiger partial charge is 0.465 e. The molecule has 33 heavy (non-hydrogen) atoms. The molecule has 2 aromatic rings. The van der Waals surface area contributed by atoms with Crippen molar-refractivity contribution in [1.29, 1.82) is 0 Å². The van der Waals surface area contributed by atoms with Crippen LogP contribution in [0.15, 0.2) is 54.6 Å². The molecule has 1 aliphatic rings. The van der Waals surface area contributed by atoms with Gasteiger partial charge in [-0.2, -0.15) is 0 Å². The second-order valence-corrected chi connectivity index (χ2v) is 7.86. The molecule has 2 amide bonds. The lowest BCUT2D eigenvalue weighted by atomic mass is 9.93. The van der Waals surface area contributed by atoms with Crippen LogP contribution in [0.1, 0.15) is 47.3 Å². The number of carbonyl (C=O) groups excluding carboxylic acids is 3. The number of esters is 1. The molecule has 1 fully saturated rings. The Morgan fingerprint density at radius 2 is 1.79 bits per heavy atom. The number of hydrogen-bond donors (Lipinski definition) is 1. The van der Waals surface area contributed by atoms with Gasteiger partial charge in [0.1, 0.15) is 6.61 Å². The molecule has 8 heteroatoms. The summed E-state index contributed by atoms with van der Waals surface area (Å²) in [7, 11) is 1.34. The van der Waals surface area contributed by atoms with Crippen molar-refractivity contribution in [3.05, 3.63) is 71.3 Å². The predicted octanol–water partition coefficient (Wildman–Crippen LogP) is 3.47. The minimum absolute atomic E-state index is 0.0674. The number of methoxy groups -OCH3 is 1. The highest BCUT2D eigenvalue weighted by Crippen LogP contribution is 2.33. The molecule has 0 unspecified atom stereocenters. The third-order valence-electron chi connectivity index (χ3n) is 5.54. The van der Waals surface area contributed by atoms with Gasteiger partial charge >= 0.3 is 12.1 Å². The van der Waals surface area contributed by atoms with Gasteiger partial charge in [0.05, 0.1) is 31.4 Å². The summed E-state index contributed by atoms with van der Waals surface area (Å²) in [6.45, 7) is 2.97. The lowest BCUT2D eigenvalue weighted by Gasteiger charge is -2.39. The molecule has 0 saturated carbocycles. The third-order valence-corrected chi connectivity index (χ3v) is 5.54. The first-order chi connectivity index (χ1) is 16.0. The molecule has 0 bridgehead atoms. The summed E-state index contributed by atoms with van der Waals surface area (Å²) in [5, 5.41) is 2.72. The van der Waals surface area contributed by atoms with Crippen molar-refractivity contribution in [2.75, 3.05) is 26.8 Å². The molecule has 176 valence electrons. The number of rotatable bonds is 8. The monoisotopic (exact) mass is 454 g/mol. The molecule has 2 atom stereocenters. The van der Waals surface area contributed by atoms with Crippen LogP contribution in [0.2, 0.25) is 0 Å². The Morgan fingerprint density at radius 3 is 2.45 bits per heavy atom. The van der Waals surface area contributed by atoms with Crippen LogP contribution >= 0.6 is 0 Å². The summed E-state index contributed by atoms with van der Waals surface area (Å²) >= 11 is 0. The van der Waals surface area contributed by atoms with E-state index >= 15 is 0 Å². The van der Waals surface area contributed by atoms with E-state index in [1.54, 1.807) is 17.0 Å². The first-order valence-electron chi connectivity index (χ1n) is 11.0. The van der Waals surface area contributed by atoms with Crippen molar-refractivity contribution in [1.82, 2.24) is 10.2 Å². The number of likely N-dealkylation sites (tertiary alicyclic amines) is 1. The van der Waals surface area contributed by atoms with Crippen LogP contribution in [-0.2, 0) is 25.6 Å². The average Bonchev–Trinajstić information content (AvgIpc) is 2.85. The van der Waals surface area contributed by atoms with Crippen LogP contribution in [0.3, 0.4) is 0 Å². The van der Waals surface area contributed by atoms with E-state index in [0.29, 0.717) is 38.1 Å². The fourth-order valence-corrected chi connectivity index (χ4v) is 3.83. The molecule has 1 N–H and O–H groups in total. The van der Waals surface area contributed by atoms with Crippen molar-refractivity contribution >= 4 is 18.0 Å². The number of nitrogens with zero attached hydrogens (tertiary/aromatic N) is 1. The summed E-state index contributed by atoms with van der Waals surface area (Å²) in [6.07, 6.45) is 0.787. The Kier molecular flexibility index (Phi) is 8.83. The summed E-state index contributed by atoms with van der Waals surface area (Å²) in [4.78, 5) is 37.5. The molecule has 1 aliphatic heterocycles. The molecular weight excluding hydrogens is 424 g/mol. The zero-order valence-corrected chi connectivity index (χ0v) is 19.0. The van der Waals surface area contributed by atoms with Crippen LogP contribution in [0.4, 0.5) is 4.79 Å². The molecule has 0 radical (unpaired) electrons. The maximum absolute atomic E-state index is 13.0. The quantitative estimate of drug-likeness (QED) is 0.485. The van der Waals surface area contributed by atoms with Crippen molar-refractivity contribution in [3.8, 4) is 0 Å². The minimum atomic E-state index is -0.413. The van der Waals surface area contributed by atoms with E-state index in [4.69, 9.17) is 14.2 Å². The SMILES string of the molecule is COC(=O)c1ccc([C@@H]2C[C@@H](OCCNC(C)=O)CCN2C(=O)OCc2ccccc2)cc1. The van der Waals surface area contributed by atoms with Gasteiger partial charge in [-0.3, -0.25) is 4.79 Å². The number of carbonyl (C=O) groups is 3. The lowest BCUT2D eigenvalue weighted by molar-refractivity contribution is -0.119. The standard InChI is InChI=1S/C25H30N2O6/c1-18(28)26-13-15-32-22-12-14-27(25(30)33-17-19-6-4-3-5-7-19)23(16-22)20-8-10-21(11-9-20)24(29)31-2/h3-11,22-23H,12-17H2,1-2H3,(H,26,28)/t22-,23-/m0/s1. The maximum atomic E-state index is 13.0. The topological polar surface area (TPSA) is 94.2 Å². The van der Waals surface area contributed by atoms with E-state index < -0.39 is 12.1 Å². The highest BCUT2D eigenvalue weighted by Gasteiger charge is 2.34. The average molecular weight is 455 g/mol. The van der Waals surface area contributed by atoms with Gasteiger partial charge in [0.15, 0.2) is 0 Å². The normalized spacial score (nSPS) is 17.8. The van der Waals surface area contributed by atoms with E-state index in [2.05, 4.69) is 5.32 Å². The lowest BCUT2D eigenvalue weighted by Crippen LogP contribution is -2.44. The second-order valence-electron chi connectivity index (χ2n) is 7.86. The second kappa shape index (κ2) is 12.0. The number of benzene rings is 2. The van der Waals surface area contributed by atoms with E-state index in [1.165, 1.54) is 14.0 Å². The molecule has 3 rings (SSSR count). The van der Waals surface area contributed by atoms with Crippen molar-refractivity contribution in [2.45, 2.75) is 38.5 Å². The Morgan fingerprint density at radius 1 is 1.06 bits per heavy atom. The van der Waals surface area contributed by atoms with Gasteiger partial charge in [-0.05, 0) is 36.1 Å². The van der Waals surface area contributed by atoms with Gasteiger partial charge in [0, 0.05) is 20.0 Å². The molecule has 0 aliphatic carbocycles. The molecule has 1 heterocycles. The first kappa shape index (κ1) is 24.3. The Labute approximate surface area is 193 Å². The summed E-state index contributed by atoms with van der Waals surface area (Å²) in [6, 6.07) is 16.3. The first-order valence-corrected chi connectivity index (χ1v) is 11.0. The van der Waals surface area contributed by atoms with Crippen molar-refractivity contribution in [3.63, 3.8) is 0 Å². The predicted molar refractivity (Wildman–Crippen MR) is 122 cm³/mol. The van der Waals surface area contributed by atoms with Gasteiger partial charge < -0.3 is 24.4 Å². The number of amides is 2. The van der Waals surface area contributed by atoms with Gasteiger partial charge in [-0.25, -0.2) is 9.59 Å². The summed E-state index contributed by atoms with van der Waals surface area (Å²) in [5.41, 5.74) is 2.24. The van der Waals surface area contributed by atoms with E-state index in [1.807, 2.05) is 42.5 Å². The van der Waals surface area contributed by atoms with Crippen LogP contribution in [0.5, 0.6) is 0 Å². The van der Waals surface area contributed by atoms with E-state index in [-0.39, 0.29) is 24.7 Å². The van der Waals surface area contributed by atoms with Crippen LogP contribution in [0, 0.1) is 0 Å². The number of ether oxygens (including phenoxy) is 3. The van der Waals surface area contributed by atoms with Gasteiger partial charge in [0.2, 0.25) is 5.91 Å². The van der Waals surface area contributed by atoms with Crippen molar-refractivity contribution < 1.29 is 28.6 Å². The molecule has 0 aromatic heterocycles. The Hall–Kier alpha value is -3.39. The van der Waals surface area contributed by atoms with Gasteiger partial charge in [-0.15, -0.1) is 0 Å². The zero-order valence-electron chi connectivity index (χ0n) is 19.0. The van der Waals surface area contributed by atoms with Crippen LogP contribution in [0.25, 0.3) is 0 Å². The number of hydrogen-bond acceptors (Lipinski definition) is 6. The summed E-state index contributed by atoms with van der Waals surface area (Å²) in [5.74, 6) is -0.512. The smallest absolute Gasteiger partial charge is 0.410 e. The zero-order chi connectivity index (χ0) is 23.6. The van der Waals surface area contributed by atoms with Crippen LogP contribution in [-0.4, -0.2) is 55.8 Å². The number of piperidine rings is 1. The molecule has 0 spiro atoms. The molecular formula is C25H30N2O6. The fourth-order valence-electron chi connectivity index (χ4n) is 3.83. The molecule has 1 saturated heterocycles. The summed E-state index contributed by atoms with van der Waals surface area (Å²) < 4.78 is 16.3. The molecule has 8 nitrogen and oxygen atoms in total. The Balaban J connectivity index is 1.69. The van der Waals surface area contributed by atoms with Gasteiger partial charge in [-0.1, -0.05) is 42.5 Å². The Bertz CT molecular complexity index is 932. The minimum Gasteiger partial charge on any atom is -0.465 e. The fraction of sp³-hybridized carbons (Fsp3) is 0.400. The van der Waals surface area contributed by atoms with Crippen LogP contribution < -0.4 is 5.32 Å². The van der Waals surface area contributed by atoms with Gasteiger partial charge in [0.25, 0.3) is 0 Å². The van der Waals surface area contributed by atoms with Crippen molar-refractivity contribution in [2.24, 2.45) is 0 Å². The highest BCUT2D eigenvalue weighted by molar-refractivity contribution is 5.89. The molecule has 2 aromatic carbocycles. The highest BCUT2D eigenvalue weighted by atomic mass is 16.6. The van der Waals surface area contributed by atoms with E-state index in [9.17, 15) is 14.4 Å².